The molecule has 152 valence electrons. The summed E-state index contributed by atoms with van der Waals surface area (Å²) in [5.41, 5.74) is 3.33. The minimum absolute atomic E-state index is 0.0201. The monoisotopic (exact) mass is 418 g/mol. The molecule has 2 aromatic carbocycles. The number of morpholine rings is 1. The highest BCUT2D eigenvalue weighted by Gasteiger charge is 2.21. The molecule has 2 aromatic rings. The summed E-state index contributed by atoms with van der Waals surface area (Å²) < 4.78 is 10.6. The van der Waals surface area contributed by atoms with Crippen molar-refractivity contribution in [2.24, 2.45) is 5.10 Å². The molecule has 0 bridgehead atoms. The average molecular weight is 419 g/mol. The third-order valence-electron chi connectivity index (χ3n) is 4.13. The number of nitro benzene ring substituents is 1. The van der Waals surface area contributed by atoms with Crippen LogP contribution in [0.3, 0.4) is 0 Å². The fraction of sp³-hybridized carbons (Fsp3) is 0.263. The van der Waals surface area contributed by atoms with Crippen LogP contribution in [0.1, 0.15) is 5.56 Å². The SMILES string of the molecule is O=C(COc1ccc(Cl)cc1)N/N=C/c1ccc(N2CCOCC2)c([N+](=O)[O-])c1. The Labute approximate surface area is 172 Å². The third kappa shape index (κ3) is 5.90. The van der Waals surface area contributed by atoms with E-state index in [4.69, 9.17) is 21.1 Å². The summed E-state index contributed by atoms with van der Waals surface area (Å²) in [5, 5.41) is 15.8. The van der Waals surface area contributed by atoms with Crippen molar-refractivity contribution in [2.75, 3.05) is 37.8 Å². The first-order valence-corrected chi connectivity index (χ1v) is 9.22. The number of carbonyl (C=O) groups excluding carboxylic acids is 1. The van der Waals surface area contributed by atoms with E-state index in [1.165, 1.54) is 12.3 Å². The molecule has 0 unspecified atom stereocenters. The Balaban J connectivity index is 1.58. The number of nitrogens with zero attached hydrogens (tertiary/aromatic N) is 3. The highest BCUT2D eigenvalue weighted by Crippen LogP contribution is 2.29. The zero-order chi connectivity index (χ0) is 20.6. The van der Waals surface area contributed by atoms with Crippen LogP contribution in [-0.4, -0.2) is 50.0 Å². The molecule has 9 nitrogen and oxygen atoms in total. The molecule has 29 heavy (non-hydrogen) atoms. The lowest BCUT2D eigenvalue weighted by molar-refractivity contribution is -0.384. The molecular formula is C19H19ClN4O5. The number of ether oxygens (including phenoxy) is 2. The van der Waals surface area contributed by atoms with Gasteiger partial charge >= 0.3 is 0 Å². The number of rotatable bonds is 7. The van der Waals surface area contributed by atoms with E-state index < -0.39 is 10.8 Å². The summed E-state index contributed by atoms with van der Waals surface area (Å²) in [5.74, 6) is 0.0403. The topological polar surface area (TPSA) is 106 Å². The fourth-order valence-electron chi connectivity index (χ4n) is 2.73. The number of hydrogen-bond donors (Lipinski definition) is 1. The highest BCUT2D eigenvalue weighted by atomic mass is 35.5. The quantitative estimate of drug-likeness (QED) is 0.421. The van der Waals surface area contributed by atoms with E-state index in [0.717, 1.165) is 0 Å². The molecule has 1 heterocycles. The molecule has 0 radical (unpaired) electrons. The predicted octanol–water partition coefficient (Wildman–Crippen LogP) is 2.61. The van der Waals surface area contributed by atoms with Crippen molar-refractivity contribution < 1.29 is 19.2 Å². The number of benzene rings is 2. The second-order valence-electron chi connectivity index (χ2n) is 6.14. The van der Waals surface area contributed by atoms with Crippen LogP contribution in [0.15, 0.2) is 47.6 Å². The maximum atomic E-state index is 11.8. The minimum Gasteiger partial charge on any atom is -0.484 e. The van der Waals surface area contributed by atoms with Gasteiger partial charge in [-0.05, 0) is 30.3 Å². The summed E-state index contributed by atoms with van der Waals surface area (Å²) >= 11 is 5.78. The number of halogens is 1. The number of hydrogen-bond acceptors (Lipinski definition) is 7. The van der Waals surface area contributed by atoms with Gasteiger partial charge in [-0.3, -0.25) is 14.9 Å². The van der Waals surface area contributed by atoms with Gasteiger partial charge < -0.3 is 14.4 Å². The van der Waals surface area contributed by atoms with Gasteiger partial charge in [0.1, 0.15) is 11.4 Å². The number of anilines is 1. The molecule has 1 aliphatic rings. The molecule has 0 aliphatic carbocycles. The molecule has 1 amide bonds. The zero-order valence-corrected chi connectivity index (χ0v) is 16.2. The van der Waals surface area contributed by atoms with E-state index in [2.05, 4.69) is 10.5 Å². The lowest BCUT2D eigenvalue weighted by Crippen LogP contribution is -2.36. The van der Waals surface area contributed by atoms with Gasteiger partial charge in [-0.1, -0.05) is 17.7 Å². The van der Waals surface area contributed by atoms with Gasteiger partial charge in [-0.25, -0.2) is 5.43 Å². The summed E-state index contributed by atoms with van der Waals surface area (Å²) in [6.45, 7) is 2.03. The van der Waals surface area contributed by atoms with Crippen molar-refractivity contribution >= 4 is 35.1 Å². The van der Waals surface area contributed by atoms with E-state index >= 15 is 0 Å². The molecule has 3 rings (SSSR count). The predicted molar refractivity (Wildman–Crippen MR) is 109 cm³/mol. The second kappa shape index (κ2) is 9.85. The molecule has 1 fully saturated rings. The van der Waals surface area contributed by atoms with E-state index in [0.29, 0.717) is 48.3 Å². The molecular weight excluding hydrogens is 400 g/mol. The van der Waals surface area contributed by atoms with Crippen molar-refractivity contribution in [1.82, 2.24) is 5.43 Å². The lowest BCUT2D eigenvalue weighted by Gasteiger charge is -2.28. The van der Waals surface area contributed by atoms with Crippen molar-refractivity contribution in [3.05, 3.63) is 63.2 Å². The van der Waals surface area contributed by atoms with Crippen molar-refractivity contribution in [3.63, 3.8) is 0 Å². The first-order valence-electron chi connectivity index (χ1n) is 8.84. The summed E-state index contributed by atoms with van der Waals surface area (Å²) in [7, 11) is 0. The number of nitrogens with one attached hydrogen (secondary N) is 1. The molecule has 0 spiro atoms. The Morgan fingerprint density at radius 1 is 1.28 bits per heavy atom. The lowest BCUT2D eigenvalue weighted by atomic mass is 10.1. The van der Waals surface area contributed by atoms with Gasteiger partial charge in [-0.15, -0.1) is 0 Å². The Bertz CT molecular complexity index is 898. The van der Waals surface area contributed by atoms with Gasteiger partial charge in [0.2, 0.25) is 0 Å². The second-order valence-corrected chi connectivity index (χ2v) is 6.58. The number of carbonyl (C=O) groups is 1. The summed E-state index contributed by atoms with van der Waals surface area (Å²) in [4.78, 5) is 24.7. The van der Waals surface area contributed by atoms with E-state index in [1.807, 2.05) is 4.90 Å². The van der Waals surface area contributed by atoms with Crippen LogP contribution in [-0.2, 0) is 9.53 Å². The number of nitro groups is 1. The Hall–Kier alpha value is -3.17. The molecule has 1 aliphatic heterocycles. The van der Waals surface area contributed by atoms with Crippen LogP contribution in [0.2, 0.25) is 5.02 Å². The van der Waals surface area contributed by atoms with E-state index in [1.54, 1.807) is 36.4 Å². The van der Waals surface area contributed by atoms with Gasteiger partial charge in [0.15, 0.2) is 6.61 Å². The summed E-state index contributed by atoms with van der Waals surface area (Å²) in [6.07, 6.45) is 1.34. The van der Waals surface area contributed by atoms with Crippen molar-refractivity contribution in [2.45, 2.75) is 0 Å². The van der Waals surface area contributed by atoms with Gasteiger partial charge in [0.05, 0.1) is 24.4 Å². The molecule has 0 aromatic heterocycles. The van der Waals surface area contributed by atoms with Crippen LogP contribution in [0.5, 0.6) is 5.75 Å². The molecule has 1 N–H and O–H groups in total. The Morgan fingerprint density at radius 3 is 2.69 bits per heavy atom. The first-order chi connectivity index (χ1) is 14.0. The maximum Gasteiger partial charge on any atom is 0.293 e. The smallest absolute Gasteiger partial charge is 0.293 e. The number of hydrazone groups is 1. The molecule has 1 saturated heterocycles. The standard InChI is InChI=1S/C19H19ClN4O5/c20-15-2-4-16(5-3-15)29-13-19(25)22-21-12-14-1-6-17(18(11-14)24(26)27)23-7-9-28-10-8-23/h1-6,11-12H,7-10,13H2,(H,22,25)/b21-12+. The van der Waals surface area contributed by atoms with Gasteiger partial charge in [0.25, 0.3) is 11.6 Å². The van der Waals surface area contributed by atoms with Crippen LogP contribution in [0.25, 0.3) is 0 Å². The number of amides is 1. The minimum atomic E-state index is -0.462. The normalized spacial score (nSPS) is 14.0. The van der Waals surface area contributed by atoms with Crippen LogP contribution in [0, 0.1) is 10.1 Å². The summed E-state index contributed by atoms with van der Waals surface area (Å²) in [6, 6.07) is 11.4. The maximum absolute atomic E-state index is 11.8. The zero-order valence-electron chi connectivity index (χ0n) is 15.4. The molecule has 0 atom stereocenters. The fourth-order valence-corrected chi connectivity index (χ4v) is 2.86. The van der Waals surface area contributed by atoms with Crippen molar-refractivity contribution in [3.8, 4) is 5.75 Å². The molecule has 0 saturated carbocycles. The van der Waals surface area contributed by atoms with Crippen molar-refractivity contribution in [1.29, 1.82) is 0 Å². The molecule has 10 heteroatoms. The van der Waals surface area contributed by atoms with E-state index in [-0.39, 0.29) is 12.3 Å². The van der Waals surface area contributed by atoms with E-state index in [9.17, 15) is 14.9 Å². The largest absolute Gasteiger partial charge is 0.484 e. The van der Waals surface area contributed by atoms with Gasteiger partial charge in [-0.2, -0.15) is 5.10 Å². The van der Waals surface area contributed by atoms with Crippen LogP contribution < -0.4 is 15.1 Å². The Morgan fingerprint density at radius 2 is 2.00 bits per heavy atom. The van der Waals surface area contributed by atoms with Gasteiger partial charge in [0, 0.05) is 29.7 Å². The van der Waals surface area contributed by atoms with Crippen LogP contribution >= 0.6 is 11.6 Å². The average Bonchev–Trinajstić information content (AvgIpc) is 2.74. The third-order valence-corrected chi connectivity index (χ3v) is 4.39. The highest BCUT2D eigenvalue weighted by molar-refractivity contribution is 6.30. The van der Waals surface area contributed by atoms with Crippen LogP contribution in [0.4, 0.5) is 11.4 Å². The first kappa shape index (κ1) is 20.6. The Kier molecular flexibility index (Phi) is 6.99.